The summed E-state index contributed by atoms with van der Waals surface area (Å²) in [7, 11) is 3.11. The molecule has 0 amide bonds. The summed E-state index contributed by atoms with van der Waals surface area (Å²) in [6.45, 7) is 0.339. The monoisotopic (exact) mass is 265 g/mol. The van der Waals surface area contributed by atoms with Crippen LogP contribution in [0.15, 0.2) is 22.6 Å². The van der Waals surface area contributed by atoms with Gasteiger partial charge >= 0.3 is 0 Å². The van der Waals surface area contributed by atoms with Crippen molar-refractivity contribution in [2.75, 3.05) is 14.2 Å². The Morgan fingerprint density at radius 1 is 1.11 bits per heavy atom. The molecule has 1 heterocycles. The first kappa shape index (κ1) is 13.2. The van der Waals surface area contributed by atoms with Crippen LogP contribution < -0.4 is 19.9 Å². The van der Waals surface area contributed by atoms with Gasteiger partial charge in [-0.05, 0) is 12.1 Å². The van der Waals surface area contributed by atoms with E-state index in [2.05, 4.69) is 10.2 Å². The molecule has 0 saturated heterocycles. The molecule has 2 N–H and O–H groups in total. The minimum absolute atomic E-state index is 0.135. The number of para-hydroxylation sites is 1. The van der Waals surface area contributed by atoms with Gasteiger partial charge in [-0.3, -0.25) is 0 Å². The molecule has 1 aromatic heterocycles. The highest BCUT2D eigenvalue weighted by atomic mass is 16.5. The summed E-state index contributed by atoms with van der Waals surface area (Å²) in [5.41, 5.74) is 5.38. The third-order valence-corrected chi connectivity index (χ3v) is 2.40. The van der Waals surface area contributed by atoms with E-state index in [0.717, 1.165) is 0 Å². The number of aromatic nitrogens is 2. The van der Waals surface area contributed by atoms with Gasteiger partial charge in [-0.1, -0.05) is 6.07 Å². The molecule has 0 unspecified atom stereocenters. The largest absolute Gasteiger partial charge is 0.493 e. The van der Waals surface area contributed by atoms with Crippen molar-refractivity contribution in [3.8, 4) is 17.2 Å². The fourth-order valence-corrected chi connectivity index (χ4v) is 1.54. The SMILES string of the molecule is COc1cccc(OCc2nnc(CN)o2)c1OC. The number of methoxy groups -OCH3 is 2. The van der Waals surface area contributed by atoms with Crippen LogP contribution in [0.25, 0.3) is 0 Å². The summed E-state index contributed by atoms with van der Waals surface area (Å²) in [6, 6.07) is 5.35. The van der Waals surface area contributed by atoms with Crippen molar-refractivity contribution in [3.05, 3.63) is 30.0 Å². The Balaban J connectivity index is 2.10. The second kappa shape index (κ2) is 6.05. The summed E-state index contributed by atoms with van der Waals surface area (Å²) in [5.74, 6) is 2.37. The summed E-state index contributed by atoms with van der Waals surface area (Å²) >= 11 is 0. The number of nitrogens with two attached hydrogens (primary N) is 1. The van der Waals surface area contributed by atoms with Crippen LogP contribution >= 0.6 is 0 Å². The van der Waals surface area contributed by atoms with Gasteiger partial charge < -0.3 is 24.4 Å². The molecular formula is C12H15N3O4. The molecule has 0 spiro atoms. The maximum absolute atomic E-state index is 5.57. The maximum atomic E-state index is 5.57. The molecular weight excluding hydrogens is 250 g/mol. The standard InChI is InChI=1S/C12H15N3O4/c1-16-8-4-3-5-9(12(8)17-2)18-7-11-15-14-10(6-13)19-11/h3-5H,6-7,13H2,1-2H3. The fraction of sp³-hybridized carbons (Fsp3) is 0.333. The van der Waals surface area contributed by atoms with Crippen molar-refractivity contribution in [1.29, 1.82) is 0 Å². The zero-order valence-electron chi connectivity index (χ0n) is 10.8. The van der Waals surface area contributed by atoms with Crippen LogP contribution in [-0.2, 0) is 13.2 Å². The highest BCUT2D eigenvalue weighted by Gasteiger charge is 2.12. The lowest BCUT2D eigenvalue weighted by atomic mass is 10.3. The van der Waals surface area contributed by atoms with Crippen LogP contribution in [-0.4, -0.2) is 24.4 Å². The molecule has 0 aliphatic carbocycles. The Bertz CT molecular complexity index is 542. The second-order valence-corrected chi connectivity index (χ2v) is 3.57. The Hall–Kier alpha value is -2.28. The molecule has 0 fully saturated rings. The first-order valence-electron chi connectivity index (χ1n) is 5.63. The summed E-state index contributed by atoms with van der Waals surface area (Å²) in [6.07, 6.45) is 0. The van der Waals surface area contributed by atoms with Gasteiger partial charge in [0.15, 0.2) is 18.1 Å². The smallest absolute Gasteiger partial charge is 0.253 e. The van der Waals surface area contributed by atoms with Crippen molar-refractivity contribution in [2.45, 2.75) is 13.2 Å². The Morgan fingerprint density at radius 2 is 1.84 bits per heavy atom. The van der Waals surface area contributed by atoms with E-state index in [9.17, 15) is 0 Å². The lowest BCUT2D eigenvalue weighted by Gasteiger charge is -2.12. The van der Waals surface area contributed by atoms with Crippen LogP contribution in [0.3, 0.4) is 0 Å². The van der Waals surface area contributed by atoms with Gasteiger partial charge in [-0.15, -0.1) is 10.2 Å². The number of nitrogens with zero attached hydrogens (tertiary/aromatic N) is 2. The van der Waals surface area contributed by atoms with Crippen LogP contribution in [0.2, 0.25) is 0 Å². The zero-order chi connectivity index (χ0) is 13.7. The van der Waals surface area contributed by atoms with Crippen LogP contribution in [0.4, 0.5) is 0 Å². The van der Waals surface area contributed by atoms with Crippen molar-refractivity contribution >= 4 is 0 Å². The van der Waals surface area contributed by atoms with Gasteiger partial charge in [0.2, 0.25) is 11.6 Å². The van der Waals surface area contributed by atoms with E-state index in [4.69, 9.17) is 24.4 Å². The molecule has 102 valence electrons. The van der Waals surface area contributed by atoms with E-state index >= 15 is 0 Å². The highest BCUT2D eigenvalue weighted by Crippen LogP contribution is 2.36. The second-order valence-electron chi connectivity index (χ2n) is 3.57. The van der Waals surface area contributed by atoms with E-state index in [-0.39, 0.29) is 13.2 Å². The molecule has 2 aromatic rings. The maximum Gasteiger partial charge on any atom is 0.253 e. The van der Waals surface area contributed by atoms with Gasteiger partial charge in [0, 0.05) is 0 Å². The van der Waals surface area contributed by atoms with Gasteiger partial charge in [-0.2, -0.15) is 0 Å². The molecule has 7 heteroatoms. The summed E-state index contributed by atoms with van der Waals surface area (Å²) in [4.78, 5) is 0. The molecule has 2 rings (SSSR count). The summed E-state index contributed by atoms with van der Waals surface area (Å²) in [5, 5.41) is 7.55. The van der Waals surface area contributed by atoms with Crippen LogP contribution in [0.1, 0.15) is 11.8 Å². The highest BCUT2D eigenvalue weighted by molar-refractivity contribution is 5.50. The average Bonchev–Trinajstić information content (AvgIpc) is 2.92. The molecule has 0 aliphatic heterocycles. The van der Waals surface area contributed by atoms with E-state index in [1.165, 1.54) is 0 Å². The molecule has 0 aliphatic rings. The first-order chi connectivity index (χ1) is 9.28. The molecule has 0 saturated carbocycles. The summed E-state index contributed by atoms with van der Waals surface area (Å²) < 4.78 is 21.2. The lowest BCUT2D eigenvalue weighted by Crippen LogP contribution is -1.99. The predicted octanol–water partition coefficient (Wildman–Crippen LogP) is 1.12. The molecule has 0 radical (unpaired) electrons. The molecule has 0 bridgehead atoms. The Kier molecular flexibility index (Phi) is 4.19. The number of hydrogen-bond acceptors (Lipinski definition) is 7. The third kappa shape index (κ3) is 2.94. The molecule has 7 nitrogen and oxygen atoms in total. The first-order valence-corrected chi connectivity index (χ1v) is 5.63. The van der Waals surface area contributed by atoms with E-state index in [1.54, 1.807) is 32.4 Å². The van der Waals surface area contributed by atoms with Crippen molar-refractivity contribution in [2.24, 2.45) is 5.73 Å². The number of benzene rings is 1. The molecule has 1 aromatic carbocycles. The number of rotatable bonds is 6. The van der Waals surface area contributed by atoms with E-state index in [0.29, 0.717) is 29.0 Å². The van der Waals surface area contributed by atoms with Gasteiger partial charge in [0.1, 0.15) is 0 Å². The Labute approximate surface area is 110 Å². The fourth-order valence-electron chi connectivity index (χ4n) is 1.54. The topological polar surface area (TPSA) is 92.6 Å². The van der Waals surface area contributed by atoms with Crippen LogP contribution in [0.5, 0.6) is 17.2 Å². The molecule has 0 atom stereocenters. The van der Waals surface area contributed by atoms with Gasteiger partial charge in [0.25, 0.3) is 5.89 Å². The van der Waals surface area contributed by atoms with Crippen molar-refractivity contribution in [1.82, 2.24) is 10.2 Å². The minimum Gasteiger partial charge on any atom is -0.493 e. The van der Waals surface area contributed by atoms with E-state index < -0.39 is 0 Å². The zero-order valence-corrected chi connectivity index (χ0v) is 10.8. The predicted molar refractivity (Wildman–Crippen MR) is 66.1 cm³/mol. The van der Waals surface area contributed by atoms with Gasteiger partial charge in [-0.25, -0.2) is 0 Å². The lowest BCUT2D eigenvalue weighted by molar-refractivity contribution is 0.242. The number of ether oxygens (including phenoxy) is 3. The van der Waals surface area contributed by atoms with Crippen molar-refractivity contribution in [3.63, 3.8) is 0 Å². The average molecular weight is 265 g/mol. The van der Waals surface area contributed by atoms with E-state index in [1.807, 2.05) is 0 Å². The Morgan fingerprint density at radius 3 is 2.47 bits per heavy atom. The van der Waals surface area contributed by atoms with Crippen molar-refractivity contribution < 1.29 is 18.6 Å². The van der Waals surface area contributed by atoms with Crippen LogP contribution in [0, 0.1) is 0 Å². The number of hydrogen-bond donors (Lipinski definition) is 1. The third-order valence-electron chi connectivity index (χ3n) is 2.40. The normalized spacial score (nSPS) is 10.3. The van der Waals surface area contributed by atoms with Gasteiger partial charge in [0.05, 0.1) is 20.8 Å². The molecule has 19 heavy (non-hydrogen) atoms. The minimum atomic E-state index is 0.135. The quantitative estimate of drug-likeness (QED) is 0.836.